The van der Waals surface area contributed by atoms with Crippen LogP contribution in [0.5, 0.6) is 0 Å². The van der Waals surface area contributed by atoms with E-state index in [0.717, 1.165) is 13.0 Å². The van der Waals surface area contributed by atoms with Gasteiger partial charge in [0.25, 0.3) is 5.56 Å². The molecule has 9 nitrogen and oxygen atoms in total. The number of hydrogen-bond acceptors (Lipinski definition) is 6. The van der Waals surface area contributed by atoms with Crippen molar-refractivity contribution in [2.75, 3.05) is 11.4 Å². The van der Waals surface area contributed by atoms with Gasteiger partial charge >= 0.3 is 0 Å². The Kier molecular flexibility index (Phi) is 4.02. The predicted molar refractivity (Wildman–Crippen MR) is 117 cm³/mol. The number of aromatic nitrogens is 7. The first-order valence-corrected chi connectivity index (χ1v) is 10.4. The van der Waals surface area contributed by atoms with Crippen molar-refractivity contribution in [3.05, 3.63) is 75.4 Å². The number of nitrogens with one attached hydrogen (secondary N) is 1. The maximum Gasteiger partial charge on any atom is 0.284 e. The van der Waals surface area contributed by atoms with Gasteiger partial charge in [-0.05, 0) is 36.2 Å². The molecule has 0 radical (unpaired) electrons. The summed E-state index contributed by atoms with van der Waals surface area (Å²) in [7, 11) is 0. The molecule has 1 unspecified atom stereocenters. The number of para-hydroxylation sites is 1. The molecule has 11 heteroatoms. The number of H-pyrrole nitrogens is 1. The van der Waals surface area contributed by atoms with Gasteiger partial charge in [0.2, 0.25) is 5.28 Å². The van der Waals surface area contributed by atoms with Gasteiger partial charge in [0.05, 0.1) is 23.1 Å². The van der Waals surface area contributed by atoms with Gasteiger partial charge in [-0.1, -0.05) is 29.8 Å². The minimum Gasteiger partial charge on any atom is -0.344 e. The van der Waals surface area contributed by atoms with E-state index in [9.17, 15) is 4.79 Å². The third kappa shape index (κ3) is 2.74. The Morgan fingerprint density at radius 1 is 1.10 bits per heavy atom. The molecule has 1 aromatic carbocycles. The first-order chi connectivity index (χ1) is 15.1. The molecule has 1 saturated heterocycles. The van der Waals surface area contributed by atoms with Crippen molar-refractivity contribution < 1.29 is 0 Å². The van der Waals surface area contributed by atoms with E-state index in [1.165, 1.54) is 4.52 Å². The van der Waals surface area contributed by atoms with Gasteiger partial charge in [0, 0.05) is 12.7 Å². The molecule has 1 fully saturated rings. The molecule has 0 amide bonds. The van der Waals surface area contributed by atoms with Crippen molar-refractivity contribution in [2.24, 2.45) is 0 Å². The number of anilines is 1. The number of rotatable bonds is 3. The molecule has 0 aliphatic carbocycles. The van der Waals surface area contributed by atoms with Gasteiger partial charge in [0.1, 0.15) is 11.0 Å². The van der Waals surface area contributed by atoms with Crippen molar-refractivity contribution in [2.45, 2.75) is 12.5 Å². The van der Waals surface area contributed by atoms with Crippen molar-refractivity contribution in [1.29, 1.82) is 0 Å². The molecule has 5 aromatic rings. The van der Waals surface area contributed by atoms with Crippen LogP contribution in [0.4, 0.5) is 5.82 Å². The molecule has 6 rings (SSSR count). The quantitative estimate of drug-likeness (QED) is 0.421. The van der Waals surface area contributed by atoms with Crippen LogP contribution in [-0.4, -0.2) is 40.7 Å². The second-order valence-electron chi connectivity index (χ2n) is 7.21. The summed E-state index contributed by atoms with van der Waals surface area (Å²) in [5, 5.41) is 5.25. The first kappa shape index (κ1) is 18.3. The second kappa shape index (κ2) is 6.79. The molecule has 1 N–H and O–H groups in total. The highest BCUT2D eigenvalue weighted by atomic mass is 35.5. The summed E-state index contributed by atoms with van der Waals surface area (Å²) in [5.74, 6) is 1.22. The lowest BCUT2D eigenvalue weighted by atomic mass is 10.0. The zero-order valence-corrected chi connectivity index (χ0v) is 17.4. The maximum absolute atomic E-state index is 13.5. The van der Waals surface area contributed by atoms with E-state index >= 15 is 0 Å². The monoisotopic (exact) mass is 452 g/mol. The SMILES string of the molecule is O=c1c2c(Cl)ccn2nc(C2CCN2c2nc(Cl)nc3nc[nH]c23)n1-c1ccccc1. The number of benzene rings is 1. The fraction of sp³-hybridized carbons (Fsp3) is 0.150. The normalized spacial score (nSPS) is 16.2. The van der Waals surface area contributed by atoms with Crippen LogP contribution in [0.3, 0.4) is 0 Å². The molecule has 0 saturated carbocycles. The molecule has 0 bridgehead atoms. The lowest BCUT2D eigenvalue weighted by Crippen LogP contribution is -2.45. The van der Waals surface area contributed by atoms with Gasteiger partial charge in [-0.25, -0.2) is 9.50 Å². The Bertz CT molecular complexity index is 1510. The Labute approximate surface area is 184 Å². The molecule has 154 valence electrons. The third-order valence-electron chi connectivity index (χ3n) is 5.51. The molecular formula is C20H14Cl2N8O. The first-order valence-electron chi connectivity index (χ1n) is 9.60. The number of aromatic amines is 1. The standard InChI is InChI=1S/C20H14Cl2N8O/c21-12-6-9-29-15(12)19(31)30(11-4-2-1-3-5-11)17(27-29)13-7-8-28(13)18-14-16(24-10-23-14)25-20(22)26-18/h1-6,9-10,13H,7-8H2,(H,23,24,25,26). The zero-order chi connectivity index (χ0) is 21.1. The Morgan fingerprint density at radius 2 is 1.94 bits per heavy atom. The molecular weight excluding hydrogens is 439 g/mol. The highest BCUT2D eigenvalue weighted by Gasteiger charge is 2.37. The summed E-state index contributed by atoms with van der Waals surface area (Å²) in [4.78, 5) is 31.4. The van der Waals surface area contributed by atoms with Gasteiger partial charge in [-0.3, -0.25) is 9.36 Å². The van der Waals surface area contributed by atoms with Gasteiger partial charge in [-0.2, -0.15) is 15.1 Å². The molecule has 0 spiro atoms. The molecule has 1 aliphatic rings. The van der Waals surface area contributed by atoms with Crippen LogP contribution in [0.15, 0.2) is 53.7 Å². The highest BCUT2D eigenvalue weighted by Crippen LogP contribution is 2.39. The molecule has 1 aliphatic heterocycles. The van der Waals surface area contributed by atoms with E-state index < -0.39 is 0 Å². The number of nitrogens with zero attached hydrogens (tertiary/aromatic N) is 7. The Hall–Kier alpha value is -3.43. The smallest absolute Gasteiger partial charge is 0.284 e. The lowest BCUT2D eigenvalue weighted by molar-refractivity contribution is 0.424. The number of hydrogen-bond donors (Lipinski definition) is 1. The Balaban J connectivity index is 1.58. The second-order valence-corrected chi connectivity index (χ2v) is 7.95. The topological polar surface area (TPSA) is 97.0 Å². The van der Waals surface area contributed by atoms with E-state index in [-0.39, 0.29) is 16.9 Å². The van der Waals surface area contributed by atoms with Gasteiger partial charge in [-0.15, -0.1) is 0 Å². The average molecular weight is 453 g/mol. The van der Waals surface area contributed by atoms with E-state index in [0.29, 0.717) is 39.0 Å². The zero-order valence-electron chi connectivity index (χ0n) is 15.9. The van der Waals surface area contributed by atoms with Crippen molar-refractivity contribution in [1.82, 2.24) is 34.1 Å². The lowest BCUT2D eigenvalue weighted by Gasteiger charge is -2.41. The molecule has 31 heavy (non-hydrogen) atoms. The van der Waals surface area contributed by atoms with Crippen LogP contribution in [0.1, 0.15) is 18.3 Å². The maximum atomic E-state index is 13.5. The van der Waals surface area contributed by atoms with Gasteiger partial charge in [0.15, 0.2) is 17.3 Å². The fourth-order valence-electron chi connectivity index (χ4n) is 4.00. The van der Waals surface area contributed by atoms with Crippen LogP contribution in [0.25, 0.3) is 22.4 Å². The third-order valence-corrected chi connectivity index (χ3v) is 5.98. The fourth-order valence-corrected chi connectivity index (χ4v) is 4.38. The average Bonchev–Trinajstić information content (AvgIpc) is 3.35. The van der Waals surface area contributed by atoms with Crippen molar-refractivity contribution >= 4 is 45.7 Å². The number of halogens is 2. The number of fused-ring (bicyclic) bond motifs is 2. The number of imidazole rings is 1. The van der Waals surface area contributed by atoms with Crippen molar-refractivity contribution in [3.63, 3.8) is 0 Å². The van der Waals surface area contributed by atoms with E-state index in [2.05, 4.69) is 19.9 Å². The van der Waals surface area contributed by atoms with E-state index in [4.69, 9.17) is 28.3 Å². The van der Waals surface area contributed by atoms with Crippen LogP contribution in [0.2, 0.25) is 10.3 Å². The summed E-state index contributed by atoms with van der Waals surface area (Å²) in [6, 6.07) is 10.9. The summed E-state index contributed by atoms with van der Waals surface area (Å²) in [6.07, 6.45) is 4.03. The Morgan fingerprint density at radius 3 is 2.71 bits per heavy atom. The molecule has 4 aromatic heterocycles. The van der Waals surface area contributed by atoms with Crippen LogP contribution in [0, 0.1) is 0 Å². The van der Waals surface area contributed by atoms with Crippen molar-refractivity contribution in [3.8, 4) is 5.69 Å². The van der Waals surface area contributed by atoms with E-state index in [1.807, 2.05) is 35.2 Å². The molecule has 1 atom stereocenters. The van der Waals surface area contributed by atoms with Crippen LogP contribution >= 0.6 is 23.2 Å². The summed E-state index contributed by atoms with van der Waals surface area (Å²) in [6.45, 7) is 0.723. The van der Waals surface area contributed by atoms with Crippen LogP contribution < -0.4 is 10.5 Å². The van der Waals surface area contributed by atoms with E-state index in [1.54, 1.807) is 23.2 Å². The summed E-state index contributed by atoms with van der Waals surface area (Å²) >= 11 is 12.4. The van der Waals surface area contributed by atoms with Crippen LogP contribution in [-0.2, 0) is 0 Å². The summed E-state index contributed by atoms with van der Waals surface area (Å²) < 4.78 is 3.15. The predicted octanol–water partition coefficient (Wildman–Crippen LogP) is 3.41. The largest absolute Gasteiger partial charge is 0.344 e. The minimum absolute atomic E-state index is 0.112. The van der Waals surface area contributed by atoms with Gasteiger partial charge < -0.3 is 9.88 Å². The molecule has 5 heterocycles. The minimum atomic E-state index is -0.231. The highest BCUT2D eigenvalue weighted by molar-refractivity contribution is 6.33. The summed E-state index contributed by atoms with van der Waals surface area (Å²) in [5.41, 5.74) is 2.00.